The molecule has 0 aliphatic heterocycles. The Balaban J connectivity index is 2.11. The molecule has 0 fully saturated rings. The van der Waals surface area contributed by atoms with Gasteiger partial charge in [-0.3, -0.25) is 0 Å². The second-order valence-corrected chi connectivity index (χ2v) is 4.69. The molecule has 2 rings (SSSR count). The van der Waals surface area contributed by atoms with Crippen LogP contribution in [0.5, 0.6) is 0 Å². The second-order valence-electron chi connectivity index (χ2n) is 3.75. The molecule has 0 N–H and O–H groups in total. The molecule has 0 saturated carbocycles. The number of benzene rings is 1. The lowest BCUT2D eigenvalue weighted by atomic mass is 10.1. The van der Waals surface area contributed by atoms with Crippen molar-refractivity contribution in [3.05, 3.63) is 51.5 Å². The van der Waals surface area contributed by atoms with Crippen molar-refractivity contribution < 1.29 is 0 Å². The summed E-state index contributed by atoms with van der Waals surface area (Å²) in [6, 6.07) is 8.68. The Hall–Kier alpha value is -1.15. The molecule has 0 aliphatic carbocycles. The first-order valence-electron chi connectivity index (χ1n) is 5.26. The molecule has 0 radical (unpaired) electrons. The quantitative estimate of drug-likeness (QED) is 0.765. The summed E-state index contributed by atoms with van der Waals surface area (Å²) in [5, 5.41) is 3.37. The molecule has 2 aromatic rings. The van der Waals surface area contributed by atoms with Gasteiger partial charge in [0.05, 0.1) is 10.7 Å². The number of aryl methyl sites for hydroxylation is 2. The van der Waals surface area contributed by atoms with Crippen LogP contribution in [0, 0.1) is 6.92 Å². The molecular formula is C13H15NS. The van der Waals surface area contributed by atoms with Crippen LogP contribution in [0.3, 0.4) is 0 Å². The summed E-state index contributed by atoms with van der Waals surface area (Å²) >= 11 is 1.76. The van der Waals surface area contributed by atoms with E-state index in [1.807, 2.05) is 0 Å². The van der Waals surface area contributed by atoms with E-state index in [-0.39, 0.29) is 0 Å². The van der Waals surface area contributed by atoms with Crippen molar-refractivity contribution in [3.8, 4) is 0 Å². The first-order valence-corrected chi connectivity index (χ1v) is 6.14. The molecule has 1 aromatic heterocycles. The van der Waals surface area contributed by atoms with E-state index >= 15 is 0 Å². The molecule has 1 aromatic carbocycles. The zero-order chi connectivity index (χ0) is 10.7. The molecule has 0 amide bonds. The highest BCUT2D eigenvalue weighted by atomic mass is 32.1. The minimum atomic E-state index is 0.963. The van der Waals surface area contributed by atoms with Crippen LogP contribution in [0.2, 0.25) is 0 Å². The zero-order valence-electron chi connectivity index (χ0n) is 9.16. The Labute approximate surface area is 94.8 Å². The molecule has 78 valence electrons. The zero-order valence-corrected chi connectivity index (χ0v) is 9.97. The first kappa shape index (κ1) is 10.4. The molecule has 0 bridgehead atoms. The van der Waals surface area contributed by atoms with Crippen LogP contribution in [0.25, 0.3) is 0 Å². The SMILES string of the molecule is CCc1csc(Cc2ccc(C)cc2)n1. The molecule has 0 spiro atoms. The van der Waals surface area contributed by atoms with E-state index in [0.717, 1.165) is 12.8 Å². The van der Waals surface area contributed by atoms with E-state index in [1.54, 1.807) is 11.3 Å². The van der Waals surface area contributed by atoms with Crippen molar-refractivity contribution in [2.75, 3.05) is 0 Å². The van der Waals surface area contributed by atoms with Gasteiger partial charge >= 0.3 is 0 Å². The number of hydrogen-bond acceptors (Lipinski definition) is 2. The van der Waals surface area contributed by atoms with Crippen molar-refractivity contribution in [1.82, 2.24) is 4.98 Å². The molecule has 2 heteroatoms. The maximum absolute atomic E-state index is 4.56. The van der Waals surface area contributed by atoms with Gasteiger partial charge in [-0.25, -0.2) is 4.98 Å². The highest BCUT2D eigenvalue weighted by Crippen LogP contribution is 2.15. The lowest BCUT2D eigenvalue weighted by Gasteiger charge is -1.98. The van der Waals surface area contributed by atoms with Gasteiger partial charge in [-0.05, 0) is 18.9 Å². The Kier molecular flexibility index (Phi) is 3.17. The lowest BCUT2D eigenvalue weighted by molar-refractivity contribution is 1.02. The molecule has 0 saturated heterocycles. The van der Waals surface area contributed by atoms with E-state index in [0.29, 0.717) is 0 Å². The molecule has 1 heterocycles. The standard InChI is InChI=1S/C13H15NS/c1-3-12-9-15-13(14-12)8-11-6-4-10(2)5-7-11/h4-7,9H,3,8H2,1-2H3. The smallest absolute Gasteiger partial charge is 0.0972 e. The number of aromatic nitrogens is 1. The minimum absolute atomic E-state index is 0.963. The average Bonchev–Trinajstić information content (AvgIpc) is 2.69. The fourth-order valence-electron chi connectivity index (χ4n) is 1.47. The fraction of sp³-hybridized carbons (Fsp3) is 0.308. The third-order valence-electron chi connectivity index (χ3n) is 2.44. The van der Waals surface area contributed by atoms with E-state index in [1.165, 1.54) is 21.8 Å². The third kappa shape index (κ3) is 2.66. The van der Waals surface area contributed by atoms with Crippen LogP contribution < -0.4 is 0 Å². The van der Waals surface area contributed by atoms with Gasteiger partial charge in [0.2, 0.25) is 0 Å². The van der Waals surface area contributed by atoms with E-state index in [9.17, 15) is 0 Å². The topological polar surface area (TPSA) is 12.9 Å². The molecule has 0 atom stereocenters. The van der Waals surface area contributed by atoms with Crippen LogP contribution >= 0.6 is 11.3 Å². The van der Waals surface area contributed by atoms with Crippen LogP contribution in [-0.2, 0) is 12.8 Å². The summed E-state index contributed by atoms with van der Waals surface area (Å²) in [5.74, 6) is 0. The van der Waals surface area contributed by atoms with Crippen molar-refractivity contribution in [1.29, 1.82) is 0 Å². The molecule has 0 aliphatic rings. The fourth-order valence-corrected chi connectivity index (χ4v) is 2.38. The average molecular weight is 217 g/mol. The maximum atomic E-state index is 4.56. The number of rotatable bonds is 3. The van der Waals surface area contributed by atoms with Gasteiger partial charge in [-0.2, -0.15) is 0 Å². The Morgan fingerprint density at radius 2 is 1.93 bits per heavy atom. The predicted molar refractivity (Wildman–Crippen MR) is 65.5 cm³/mol. The predicted octanol–water partition coefficient (Wildman–Crippen LogP) is 3.60. The summed E-state index contributed by atoms with van der Waals surface area (Å²) < 4.78 is 0. The molecule has 1 nitrogen and oxygen atoms in total. The van der Waals surface area contributed by atoms with Gasteiger partial charge in [-0.15, -0.1) is 11.3 Å². The van der Waals surface area contributed by atoms with E-state index < -0.39 is 0 Å². The van der Waals surface area contributed by atoms with Gasteiger partial charge < -0.3 is 0 Å². The van der Waals surface area contributed by atoms with Crippen molar-refractivity contribution in [2.24, 2.45) is 0 Å². The largest absolute Gasteiger partial charge is 0.246 e. The molecular weight excluding hydrogens is 202 g/mol. The van der Waals surface area contributed by atoms with Gasteiger partial charge in [0.1, 0.15) is 0 Å². The first-order chi connectivity index (χ1) is 7.28. The number of nitrogens with zero attached hydrogens (tertiary/aromatic N) is 1. The minimum Gasteiger partial charge on any atom is -0.246 e. The maximum Gasteiger partial charge on any atom is 0.0972 e. The third-order valence-corrected chi connectivity index (χ3v) is 3.34. The van der Waals surface area contributed by atoms with E-state index in [2.05, 4.69) is 48.5 Å². The van der Waals surface area contributed by atoms with Crippen LogP contribution in [0.4, 0.5) is 0 Å². The Morgan fingerprint density at radius 3 is 2.53 bits per heavy atom. The van der Waals surface area contributed by atoms with Gasteiger partial charge in [0, 0.05) is 11.8 Å². The number of thiazole rings is 1. The second kappa shape index (κ2) is 4.58. The van der Waals surface area contributed by atoms with Gasteiger partial charge in [0.25, 0.3) is 0 Å². The van der Waals surface area contributed by atoms with E-state index in [4.69, 9.17) is 0 Å². The van der Waals surface area contributed by atoms with Crippen molar-refractivity contribution in [3.63, 3.8) is 0 Å². The molecule has 0 unspecified atom stereocenters. The Morgan fingerprint density at radius 1 is 1.20 bits per heavy atom. The van der Waals surface area contributed by atoms with Crippen LogP contribution in [0.1, 0.15) is 28.8 Å². The van der Waals surface area contributed by atoms with Crippen LogP contribution in [0.15, 0.2) is 29.6 Å². The summed E-state index contributed by atoms with van der Waals surface area (Å²) in [4.78, 5) is 4.56. The normalized spacial score (nSPS) is 10.5. The van der Waals surface area contributed by atoms with Crippen LogP contribution in [-0.4, -0.2) is 4.98 Å². The number of hydrogen-bond donors (Lipinski definition) is 0. The summed E-state index contributed by atoms with van der Waals surface area (Å²) in [5.41, 5.74) is 3.87. The summed E-state index contributed by atoms with van der Waals surface area (Å²) in [6.07, 6.45) is 2.00. The Bertz CT molecular complexity index is 428. The summed E-state index contributed by atoms with van der Waals surface area (Å²) in [6.45, 7) is 4.26. The summed E-state index contributed by atoms with van der Waals surface area (Å²) in [7, 11) is 0. The molecule has 15 heavy (non-hydrogen) atoms. The van der Waals surface area contributed by atoms with Crippen molar-refractivity contribution >= 4 is 11.3 Å². The monoisotopic (exact) mass is 217 g/mol. The van der Waals surface area contributed by atoms with Crippen molar-refractivity contribution in [2.45, 2.75) is 26.7 Å². The highest BCUT2D eigenvalue weighted by molar-refractivity contribution is 7.09. The van der Waals surface area contributed by atoms with Gasteiger partial charge in [0.15, 0.2) is 0 Å². The van der Waals surface area contributed by atoms with Gasteiger partial charge in [-0.1, -0.05) is 36.8 Å². The lowest BCUT2D eigenvalue weighted by Crippen LogP contribution is -1.88. The highest BCUT2D eigenvalue weighted by Gasteiger charge is 2.01.